The molecule has 4 rings (SSSR count). The maximum absolute atomic E-state index is 12.3. The van der Waals surface area contributed by atoms with E-state index in [4.69, 9.17) is 9.84 Å². The van der Waals surface area contributed by atoms with E-state index in [9.17, 15) is 4.79 Å². The number of nitrogens with one attached hydrogen (secondary N) is 1. The molecule has 0 aliphatic heterocycles. The highest BCUT2D eigenvalue weighted by molar-refractivity contribution is 5.89. The first-order valence-corrected chi connectivity index (χ1v) is 11.9. The molecule has 0 saturated heterocycles. The highest BCUT2D eigenvalue weighted by atomic mass is 16.5. The van der Waals surface area contributed by atoms with Crippen molar-refractivity contribution in [3.05, 3.63) is 102 Å². The van der Waals surface area contributed by atoms with Crippen LogP contribution in [0.25, 0.3) is 16.9 Å². The molecule has 1 N–H and O–H groups in total. The predicted octanol–water partition coefficient (Wildman–Crippen LogP) is 5.97. The number of nitrogens with zero attached hydrogens (tertiary/aromatic N) is 3. The molecule has 0 radical (unpaired) electrons. The number of ether oxygens (including phenoxy) is 1. The number of hydrogen-bond donors (Lipinski definition) is 1. The predicted molar refractivity (Wildman–Crippen MR) is 140 cm³/mol. The normalized spacial score (nSPS) is 11.9. The molecular weight excluding hydrogens is 436 g/mol. The van der Waals surface area contributed by atoms with E-state index in [0.717, 1.165) is 35.3 Å². The van der Waals surface area contributed by atoms with Gasteiger partial charge in [-0.3, -0.25) is 4.79 Å². The quantitative estimate of drug-likeness (QED) is 0.231. The molecule has 0 aliphatic carbocycles. The van der Waals surface area contributed by atoms with Crippen LogP contribution in [0.15, 0.2) is 96.2 Å². The molecule has 35 heavy (non-hydrogen) atoms. The number of benzene rings is 3. The van der Waals surface area contributed by atoms with Gasteiger partial charge in [-0.05, 0) is 42.2 Å². The van der Waals surface area contributed by atoms with Crippen LogP contribution >= 0.6 is 0 Å². The van der Waals surface area contributed by atoms with Gasteiger partial charge >= 0.3 is 0 Å². The van der Waals surface area contributed by atoms with Gasteiger partial charge in [0.2, 0.25) is 0 Å². The van der Waals surface area contributed by atoms with Gasteiger partial charge in [0.1, 0.15) is 11.4 Å². The van der Waals surface area contributed by atoms with Crippen molar-refractivity contribution in [2.75, 3.05) is 6.61 Å². The number of aromatic nitrogens is 2. The number of para-hydroxylation sites is 1. The molecule has 6 nitrogen and oxygen atoms in total. The SMILES string of the molecule is CCCC(C)c1ccc(OCC(=O)NN=Cc2cn(-c3ccccc3)nc2-c2ccccc2)cc1. The summed E-state index contributed by atoms with van der Waals surface area (Å²) < 4.78 is 7.42. The van der Waals surface area contributed by atoms with Gasteiger partial charge < -0.3 is 4.74 Å². The Morgan fingerprint density at radius 1 is 1.03 bits per heavy atom. The molecule has 178 valence electrons. The third kappa shape index (κ3) is 6.44. The molecule has 0 bridgehead atoms. The van der Waals surface area contributed by atoms with Gasteiger partial charge in [0.25, 0.3) is 5.91 Å². The summed E-state index contributed by atoms with van der Waals surface area (Å²) in [6.07, 6.45) is 5.80. The second kappa shape index (κ2) is 11.8. The minimum Gasteiger partial charge on any atom is -0.484 e. The van der Waals surface area contributed by atoms with E-state index >= 15 is 0 Å². The van der Waals surface area contributed by atoms with Crippen LogP contribution in [0.1, 0.15) is 43.7 Å². The molecule has 4 aromatic rings. The Bertz CT molecular complexity index is 1250. The largest absolute Gasteiger partial charge is 0.484 e. The van der Waals surface area contributed by atoms with Gasteiger partial charge in [0.05, 0.1) is 11.9 Å². The van der Waals surface area contributed by atoms with Crippen molar-refractivity contribution < 1.29 is 9.53 Å². The zero-order valence-electron chi connectivity index (χ0n) is 20.1. The van der Waals surface area contributed by atoms with Crippen molar-refractivity contribution in [2.45, 2.75) is 32.6 Å². The zero-order chi connectivity index (χ0) is 24.5. The number of amides is 1. The average molecular weight is 467 g/mol. The number of carbonyl (C=O) groups is 1. The molecule has 1 atom stereocenters. The summed E-state index contributed by atoms with van der Waals surface area (Å²) in [5.74, 6) is 0.840. The summed E-state index contributed by atoms with van der Waals surface area (Å²) in [5.41, 5.74) is 7.30. The van der Waals surface area contributed by atoms with Crippen LogP contribution < -0.4 is 10.2 Å². The van der Waals surface area contributed by atoms with Crippen molar-refractivity contribution in [2.24, 2.45) is 5.10 Å². The fourth-order valence-corrected chi connectivity index (χ4v) is 3.86. The van der Waals surface area contributed by atoms with Crippen molar-refractivity contribution in [1.29, 1.82) is 0 Å². The van der Waals surface area contributed by atoms with Crippen molar-refractivity contribution in [3.63, 3.8) is 0 Å². The topological polar surface area (TPSA) is 68.5 Å². The number of carbonyl (C=O) groups excluding carboxylic acids is 1. The van der Waals surface area contributed by atoms with Gasteiger partial charge in [0, 0.05) is 17.3 Å². The van der Waals surface area contributed by atoms with Gasteiger partial charge in [-0.15, -0.1) is 0 Å². The molecule has 0 spiro atoms. The van der Waals surface area contributed by atoms with Crippen LogP contribution in [0.2, 0.25) is 0 Å². The molecule has 0 aliphatic rings. The van der Waals surface area contributed by atoms with Gasteiger partial charge in [0.15, 0.2) is 6.61 Å². The lowest BCUT2D eigenvalue weighted by atomic mass is 9.97. The highest BCUT2D eigenvalue weighted by Gasteiger charge is 2.11. The van der Waals surface area contributed by atoms with E-state index in [0.29, 0.717) is 11.7 Å². The van der Waals surface area contributed by atoms with Crippen molar-refractivity contribution >= 4 is 12.1 Å². The summed E-state index contributed by atoms with van der Waals surface area (Å²) in [6.45, 7) is 4.29. The summed E-state index contributed by atoms with van der Waals surface area (Å²) >= 11 is 0. The Kier molecular flexibility index (Phi) is 8.07. The van der Waals surface area contributed by atoms with E-state index in [2.05, 4.69) is 36.5 Å². The van der Waals surface area contributed by atoms with Gasteiger partial charge in [-0.2, -0.15) is 10.2 Å². The van der Waals surface area contributed by atoms with E-state index in [-0.39, 0.29) is 12.5 Å². The van der Waals surface area contributed by atoms with E-state index in [1.54, 1.807) is 10.9 Å². The lowest BCUT2D eigenvalue weighted by Gasteiger charge is -2.11. The third-order valence-electron chi connectivity index (χ3n) is 5.74. The number of hydrazone groups is 1. The molecule has 1 aromatic heterocycles. The highest BCUT2D eigenvalue weighted by Crippen LogP contribution is 2.23. The molecule has 1 heterocycles. The van der Waals surface area contributed by atoms with Gasteiger partial charge in [-0.1, -0.05) is 80.9 Å². The molecule has 1 unspecified atom stereocenters. The summed E-state index contributed by atoms with van der Waals surface area (Å²) in [4.78, 5) is 12.3. The lowest BCUT2D eigenvalue weighted by molar-refractivity contribution is -0.123. The van der Waals surface area contributed by atoms with Crippen LogP contribution in [0.4, 0.5) is 0 Å². The van der Waals surface area contributed by atoms with Crippen LogP contribution in [0.5, 0.6) is 5.75 Å². The monoisotopic (exact) mass is 466 g/mol. The van der Waals surface area contributed by atoms with E-state index in [1.165, 1.54) is 5.56 Å². The summed E-state index contributed by atoms with van der Waals surface area (Å²) in [6, 6.07) is 27.7. The summed E-state index contributed by atoms with van der Waals surface area (Å²) in [5, 5.41) is 8.89. The van der Waals surface area contributed by atoms with E-state index < -0.39 is 0 Å². The van der Waals surface area contributed by atoms with Crippen molar-refractivity contribution in [3.8, 4) is 22.7 Å². The molecule has 1 amide bonds. The Hall–Kier alpha value is -4.19. The minimum atomic E-state index is -0.332. The Balaban J connectivity index is 1.39. The first-order valence-electron chi connectivity index (χ1n) is 11.9. The second-order valence-electron chi connectivity index (χ2n) is 8.42. The maximum atomic E-state index is 12.3. The minimum absolute atomic E-state index is 0.115. The molecule has 0 fully saturated rings. The fraction of sp³-hybridized carbons (Fsp3) is 0.207. The van der Waals surface area contributed by atoms with E-state index in [1.807, 2.05) is 79.0 Å². The maximum Gasteiger partial charge on any atom is 0.277 e. The molecular formula is C29H30N4O2. The summed E-state index contributed by atoms with van der Waals surface area (Å²) in [7, 11) is 0. The van der Waals surface area contributed by atoms with Crippen molar-refractivity contribution in [1.82, 2.24) is 15.2 Å². The van der Waals surface area contributed by atoms with Crippen LogP contribution in [-0.4, -0.2) is 28.5 Å². The average Bonchev–Trinajstić information content (AvgIpc) is 3.33. The lowest BCUT2D eigenvalue weighted by Crippen LogP contribution is -2.24. The Morgan fingerprint density at radius 2 is 1.71 bits per heavy atom. The third-order valence-corrected chi connectivity index (χ3v) is 5.74. The standard InChI is InChI=1S/C29H30N4O2/c1-3-10-22(2)23-15-17-27(18-16-23)35-21-28(34)31-30-19-25-20-33(26-13-8-5-9-14-26)32-29(25)24-11-6-4-7-12-24/h4-9,11-20,22H,3,10,21H2,1-2H3,(H,31,34). The van der Waals surface area contributed by atoms with Crippen LogP contribution in [-0.2, 0) is 4.79 Å². The first-order chi connectivity index (χ1) is 17.1. The molecule has 3 aromatic carbocycles. The van der Waals surface area contributed by atoms with Crippen LogP contribution in [0.3, 0.4) is 0 Å². The second-order valence-corrected chi connectivity index (χ2v) is 8.42. The number of hydrogen-bond acceptors (Lipinski definition) is 4. The molecule has 6 heteroatoms. The van der Waals surface area contributed by atoms with Gasteiger partial charge in [-0.25, -0.2) is 10.1 Å². The Labute approximate surface area is 206 Å². The Morgan fingerprint density at radius 3 is 2.40 bits per heavy atom. The number of rotatable bonds is 10. The first kappa shape index (κ1) is 24.0. The molecule has 0 saturated carbocycles. The van der Waals surface area contributed by atoms with Crippen LogP contribution in [0, 0.1) is 0 Å². The smallest absolute Gasteiger partial charge is 0.277 e. The fourth-order valence-electron chi connectivity index (χ4n) is 3.86. The zero-order valence-corrected chi connectivity index (χ0v) is 20.1.